The summed E-state index contributed by atoms with van der Waals surface area (Å²) in [6.45, 7) is 4.49. The van der Waals surface area contributed by atoms with E-state index in [4.69, 9.17) is 11.6 Å². The fourth-order valence-corrected chi connectivity index (χ4v) is 1.81. The fraction of sp³-hybridized carbons (Fsp3) is 0.308. The van der Waals surface area contributed by atoms with Gasteiger partial charge in [0.1, 0.15) is 5.82 Å². The summed E-state index contributed by atoms with van der Waals surface area (Å²) >= 11 is 5.84. The van der Waals surface area contributed by atoms with E-state index in [2.05, 4.69) is 10.4 Å². The molecule has 1 aromatic heterocycles. The van der Waals surface area contributed by atoms with Gasteiger partial charge in [0, 0.05) is 24.3 Å². The first-order valence-corrected chi connectivity index (χ1v) is 6.17. The van der Waals surface area contributed by atoms with Crippen molar-refractivity contribution in [3.8, 4) is 5.69 Å². The Labute approximate surface area is 111 Å². The lowest BCUT2D eigenvalue weighted by Crippen LogP contribution is -2.23. The van der Waals surface area contributed by atoms with E-state index in [0.29, 0.717) is 28.9 Å². The van der Waals surface area contributed by atoms with Gasteiger partial charge in [-0.3, -0.25) is 0 Å². The quantitative estimate of drug-likeness (QED) is 0.922. The van der Waals surface area contributed by atoms with E-state index in [9.17, 15) is 4.39 Å². The van der Waals surface area contributed by atoms with E-state index < -0.39 is 0 Å². The van der Waals surface area contributed by atoms with Crippen LogP contribution in [0.1, 0.15) is 19.4 Å². The first kappa shape index (κ1) is 13.1. The zero-order chi connectivity index (χ0) is 13.1. The van der Waals surface area contributed by atoms with E-state index in [1.165, 1.54) is 12.3 Å². The van der Waals surface area contributed by atoms with Crippen LogP contribution in [0.4, 0.5) is 4.39 Å². The first-order valence-electron chi connectivity index (χ1n) is 5.79. The molecule has 1 aromatic carbocycles. The molecular formula is C13H15ClFN3. The highest BCUT2D eigenvalue weighted by atomic mass is 35.5. The van der Waals surface area contributed by atoms with Crippen LogP contribution in [0.5, 0.6) is 0 Å². The molecule has 18 heavy (non-hydrogen) atoms. The Morgan fingerprint density at radius 3 is 2.83 bits per heavy atom. The first-order chi connectivity index (χ1) is 8.58. The van der Waals surface area contributed by atoms with Gasteiger partial charge in [0.2, 0.25) is 0 Å². The molecule has 5 heteroatoms. The summed E-state index contributed by atoms with van der Waals surface area (Å²) in [6, 6.07) is 5.23. The molecule has 0 saturated carbocycles. The van der Waals surface area contributed by atoms with Gasteiger partial charge in [-0.25, -0.2) is 9.07 Å². The van der Waals surface area contributed by atoms with Crippen molar-refractivity contribution in [3.05, 3.63) is 47.0 Å². The second kappa shape index (κ2) is 5.50. The van der Waals surface area contributed by atoms with Crippen molar-refractivity contribution in [2.75, 3.05) is 0 Å². The molecule has 3 nitrogen and oxygen atoms in total. The normalized spacial score (nSPS) is 11.2. The molecule has 0 atom stereocenters. The van der Waals surface area contributed by atoms with Gasteiger partial charge >= 0.3 is 0 Å². The van der Waals surface area contributed by atoms with Crippen LogP contribution >= 0.6 is 11.6 Å². The Hall–Kier alpha value is -1.39. The van der Waals surface area contributed by atoms with Crippen LogP contribution in [0.25, 0.3) is 5.69 Å². The van der Waals surface area contributed by atoms with Crippen molar-refractivity contribution in [2.24, 2.45) is 0 Å². The van der Waals surface area contributed by atoms with Crippen molar-refractivity contribution in [3.63, 3.8) is 0 Å². The van der Waals surface area contributed by atoms with E-state index >= 15 is 0 Å². The highest BCUT2D eigenvalue weighted by molar-refractivity contribution is 6.30. The molecule has 0 radical (unpaired) electrons. The number of rotatable bonds is 4. The lowest BCUT2D eigenvalue weighted by Gasteiger charge is -2.13. The SMILES string of the molecule is CC(C)NCc1c(F)cccc1-n1cc(Cl)cn1. The summed E-state index contributed by atoms with van der Waals surface area (Å²) in [5.41, 5.74) is 1.29. The third kappa shape index (κ3) is 2.89. The minimum absolute atomic E-state index is 0.243. The largest absolute Gasteiger partial charge is 0.310 e. The number of aromatic nitrogens is 2. The van der Waals surface area contributed by atoms with Crippen molar-refractivity contribution in [1.29, 1.82) is 0 Å². The highest BCUT2D eigenvalue weighted by Gasteiger charge is 2.11. The highest BCUT2D eigenvalue weighted by Crippen LogP contribution is 2.19. The van der Waals surface area contributed by atoms with Gasteiger partial charge < -0.3 is 5.32 Å². The molecule has 2 aromatic rings. The molecule has 0 fully saturated rings. The second-order valence-electron chi connectivity index (χ2n) is 4.38. The molecule has 2 rings (SSSR count). The van der Waals surface area contributed by atoms with Crippen molar-refractivity contribution in [2.45, 2.75) is 26.4 Å². The Morgan fingerprint density at radius 1 is 1.44 bits per heavy atom. The van der Waals surface area contributed by atoms with Gasteiger partial charge in [0.15, 0.2) is 0 Å². The zero-order valence-electron chi connectivity index (χ0n) is 10.3. The number of hydrogen-bond acceptors (Lipinski definition) is 2. The fourth-order valence-electron chi connectivity index (χ4n) is 1.68. The minimum Gasteiger partial charge on any atom is -0.310 e. The van der Waals surface area contributed by atoms with Crippen molar-refractivity contribution < 1.29 is 4.39 Å². The molecule has 0 unspecified atom stereocenters. The molecule has 0 aliphatic heterocycles. The van der Waals surface area contributed by atoms with Crippen LogP contribution in [0, 0.1) is 5.82 Å². The van der Waals surface area contributed by atoms with Crippen LogP contribution in [-0.4, -0.2) is 15.8 Å². The van der Waals surface area contributed by atoms with Crippen molar-refractivity contribution in [1.82, 2.24) is 15.1 Å². The maximum absolute atomic E-state index is 13.9. The molecule has 0 aliphatic rings. The average molecular weight is 268 g/mol. The summed E-state index contributed by atoms with van der Waals surface area (Å²) < 4.78 is 15.5. The van der Waals surface area contributed by atoms with Crippen LogP contribution in [0.2, 0.25) is 5.02 Å². The topological polar surface area (TPSA) is 29.9 Å². The lowest BCUT2D eigenvalue weighted by molar-refractivity contribution is 0.550. The van der Waals surface area contributed by atoms with E-state index in [1.54, 1.807) is 16.9 Å². The Bertz CT molecular complexity index is 537. The predicted octanol–water partition coefficient (Wildman–Crippen LogP) is 3.16. The van der Waals surface area contributed by atoms with Crippen LogP contribution < -0.4 is 5.32 Å². The average Bonchev–Trinajstić information content (AvgIpc) is 2.73. The Balaban J connectivity index is 2.37. The summed E-state index contributed by atoms with van der Waals surface area (Å²) in [5, 5.41) is 7.84. The molecule has 0 bridgehead atoms. The zero-order valence-corrected chi connectivity index (χ0v) is 11.1. The number of hydrogen-bond donors (Lipinski definition) is 1. The van der Waals surface area contributed by atoms with Gasteiger partial charge in [-0.2, -0.15) is 5.10 Å². The smallest absolute Gasteiger partial charge is 0.129 e. The second-order valence-corrected chi connectivity index (χ2v) is 4.81. The van der Waals surface area contributed by atoms with E-state index in [-0.39, 0.29) is 5.82 Å². The third-order valence-corrected chi connectivity index (χ3v) is 2.77. The number of benzene rings is 1. The summed E-state index contributed by atoms with van der Waals surface area (Å²) in [7, 11) is 0. The minimum atomic E-state index is -0.243. The lowest BCUT2D eigenvalue weighted by atomic mass is 10.1. The van der Waals surface area contributed by atoms with Gasteiger partial charge in [-0.1, -0.05) is 31.5 Å². The van der Waals surface area contributed by atoms with Gasteiger partial charge in [0.05, 0.1) is 16.9 Å². The molecule has 0 aliphatic carbocycles. The number of halogens is 2. The molecule has 0 amide bonds. The maximum atomic E-state index is 13.9. The van der Waals surface area contributed by atoms with Gasteiger partial charge in [-0.05, 0) is 12.1 Å². The van der Waals surface area contributed by atoms with Gasteiger partial charge in [0.25, 0.3) is 0 Å². The molecule has 96 valence electrons. The third-order valence-electron chi connectivity index (χ3n) is 2.58. The summed E-state index contributed by atoms with van der Waals surface area (Å²) in [5.74, 6) is -0.243. The molecule has 0 spiro atoms. The predicted molar refractivity (Wildman–Crippen MR) is 70.5 cm³/mol. The molecule has 0 saturated heterocycles. The molecule has 1 heterocycles. The molecule has 1 N–H and O–H groups in total. The van der Waals surface area contributed by atoms with Crippen LogP contribution in [0.15, 0.2) is 30.6 Å². The number of nitrogens with zero attached hydrogens (tertiary/aromatic N) is 2. The van der Waals surface area contributed by atoms with Crippen molar-refractivity contribution >= 4 is 11.6 Å². The van der Waals surface area contributed by atoms with Crippen LogP contribution in [-0.2, 0) is 6.54 Å². The van der Waals surface area contributed by atoms with E-state index in [0.717, 1.165) is 0 Å². The monoisotopic (exact) mass is 267 g/mol. The van der Waals surface area contributed by atoms with Crippen LogP contribution in [0.3, 0.4) is 0 Å². The van der Waals surface area contributed by atoms with E-state index in [1.807, 2.05) is 19.9 Å². The maximum Gasteiger partial charge on any atom is 0.129 e. The Morgan fingerprint density at radius 2 is 2.22 bits per heavy atom. The Kier molecular flexibility index (Phi) is 3.99. The van der Waals surface area contributed by atoms with Gasteiger partial charge in [-0.15, -0.1) is 0 Å². The standard InChI is InChI=1S/C13H15ClFN3/c1-9(2)16-7-11-12(15)4-3-5-13(11)18-8-10(14)6-17-18/h3-6,8-9,16H,7H2,1-2H3. The molecular weight excluding hydrogens is 253 g/mol. The summed E-state index contributed by atoms with van der Waals surface area (Å²) in [6.07, 6.45) is 3.20. The number of nitrogens with one attached hydrogen (secondary N) is 1. The summed E-state index contributed by atoms with van der Waals surface area (Å²) in [4.78, 5) is 0.